The number of hydrogen-bond donors (Lipinski definition) is 0. The summed E-state index contributed by atoms with van der Waals surface area (Å²) in [5, 5.41) is 0. The van der Waals surface area contributed by atoms with Crippen molar-refractivity contribution >= 4 is 23.2 Å². The van der Waals surface area contributed by atoms with E-state index in [1.165, 1.54) is 0 Å². The van der Waals surface area contributed by atoms with Crippen molar-refractivity contribution in [1.82, 2.24) is 0 Å². The van der Waals surface area contributed by atoms with Crippen molar-refractivity contribution in [2.24, 2.45) is 0 Å². The molecule has 0 unspecified atom stereocenters. The lowest BCUT2D eigenvalue weighted by Crippen LogP contribution is -1.99. The quantitative estimate of drug-likeness (QED) is 0.451. The Morgan fingerprint density at radius 2 is 1.08 bits per heavy atom. The summed E-state index contributed by atoms with van der Waals surface area (Å²) in [7, 11) is 0. The molecule has 0 aliphatic heterocycles. The van der Waals surface area contributed by atoms with Gasteiger partial charge < -0.3 is 9.47 Å². The first-order valence-corrected chi connectivity index (χ1v) is 8.84. The normalized spacial score (nSPS) is 10.7. The molecule has 0 spiro atoms. The largest absolute Gasteiger partial charge is 0.489 e. The second-order valence-electron chi connectivity index (χ2n) is 5.59. The van der Waals surface area contributed by atoms with E-state index in [2.05, 4.69) is 0 Å². The SMILES string of the molecule is ClC(Cl)c1cc(OCc2ccccc2)cc(OCc2ccccc2)c1. The molecule has 0 aromatic heterocycles. The number of benzene rings is 3. The highest BCUT2D eigenvalue weighted by Crippen LogP contribution is 2.32. The van der Waals surface area contributed by atoms with E-state index < -0.39 is 4.84 Å². The highest BCUT2D eigenvalue weighted by Gasteiger charge is 2.09. The summed E-state index contributed by atoms with van der Waals surface area (Å²) in [5.74, 6) is 1.35. The molecular formula is C21H18Cl2O2. The molecular weight excluding hydrogens is 355 g/mol. The van der Waals surface area contributed by atoms with E-state index in [9.17, 15) is 0 Å². The van der Waals surface area contributed by atoms with Crippen molar-refractivity contribution in [3.63, 3.8) is 0 Å². The molecule has 2 nitrogen and oxygen atoms in total. The molecule has 0 saturated carbocycles. The Hall–Kier alpha value is -2.16. The van der Waals surface area contributed by atoms with Gasteiger partial charge >= 0.3 is 0 Å². The lowest BCUT2D eigenvalue weighted by Gasteiger charge is -2.13. The van der Waals surface area contributed by atoms with Gasteiger partial charge in [0.15, 0.2) is 0 Å². The molecule has 0 N–H and O–H groups in total. The van der Waals surface area contributed by atoms with E-state index in [0.29, 0.717) is 24.7 Å². The summed E-state index contributed by atoms with van der Waals surface area (Å²) < 4.78 is 11.8. The zero-order valence-corrected chi connectivity index (χ0v) is 15.1. The first-order chi connectivity index (χ1) is 12.2. The average Bonchev–Trinajstić information content (AvgIpc) is 2.66. The van der Waals surface area contributed by atoms with Crippen LogP contribution >= 0.6 is 23.2 Å². The second-order valence-corrected chi connectivity index (χ2v) is 6.68. The summed E-state index contributed by atoms with van der Waals surface area (Å²) in [5.41, 5.74) is 2.93. The van der Waals surface area contributed by atoms with Gasteiger partial charge in [-0.25, -0.2) is 0 Å². The molecule has 0 heterocycles. The fraction of sp³-hybridized carbons (Fsp3) is 0.143. The van der Waals surface area contributed by atoms with Crippen molar-refractivity contribution in [3.8, 4) is 11.5 Å². The van der Waals surface area contributed by atoms with Gasteiger partial charge in [0.2, 0.25) is 0 Å². The van der Waals surface area contributed by atoms with E-state index in [1.807, 2.05) is 78.9 Å². The van der Waals surface area contributed by atoms with Gasteiger partial charge in [-0.3, -0.25) is 0 Å². The fourth-order valence-corrected chi connectivity index (χ4v) is 2.62. The third-order valence-corrected chi connectivity index (χ3v) is 4.15. The van der Waals surface area contributed by atoms with Gasteiger partial charge in [-0.05, 0) is 28.8 Å². The minimum absolute atomic E-state index is 0.470. The standard InChI is InChI=1S/C21H18Cl2O2/c22-21(23)18-11-19(24-14-16-7-3-1-4-8-16)13-20(12-18)25-15-17-9-5-2-6-10-17/h1-13,21H,14-15H2. The number of hydrogen-bond acceptors (Lipinski definition) is 2. The number of ether oxygens (including phenoxy) is 2. The molecule has 0 atom stereocenters. The molecule has 3 aromatic rings. The Morgan fingerprint density at radius 1 is 0.640 bits per heavy atom. The van der Waals surface area contributed by atoms with Crippen molar-refractivity contribution < 1.29 is 9.47 Å². The zero-order valence-electron chi connectivity index (χ0n) is 13.6. The van der Waals surface area contributed by atoms with Crippen molar-refractivity contribution in [2.75, 3.05) is 0 Å². The predicted octanol–water partition coefficient (Wildman–Crippen LogP) is 6.32. The van der Waals surface area contributed by atoms with Crippen molar-refractivity contribution in [1.29, 1.82) is 0 Å². The first-order valence-electron chi connectivity index (χ1n) is 7.97. The Balaban J connectivity index is 1.72. The Labute approximate surface area is 157 Å². The molecule has 0 bridgehead atoms. The monoisotopic (exact) mass is 372 g/mol. The molecule has 0 aliphatic carbocycles. The van der Waals surface area contributed by atoms with Crippen LogP contribution in [0.5, 0.6) is 11.5 Å². The maximum atomic E-state index is 6.04. The molecule has 3 aromatic carbocycles. The van der Waals surface area contributed by atoms with E-state index in [-0.39, 0.29) is 0 Å². The third-order valence-electron chi connectivity index (χ3n) is 3.65. The predicted molar refractivity (Wildman–Crippen MR) is 102 cm³/mol. The molecule has 0 aliphatic rings. The smallest absolute Gasteiger partial charge is 0.133 e. The lowest BCUT2D eigenvalue weighted by molar-refractivity contribution is 0.289. The van der Waals surface area contributed by atoms with Crippen LogP contribution in [0.25, 0.3) is 0 Å². The van der Waals surface area contributed by atoms with Gasteiger partial charge in [0, 0.05) is 6.07 Å². The Kier molecular flexibility index (Phi) is 6.21. The summed E-state index contributed by atoms with van der Waals surface area (Å²) in [6, 6.07) is 25.5. The number of halogens is 2. The van der Waals surface area contributed by atoms with Crippen LogP contribution in [0.3, 0.4) is 0 Å². The highest BCUT2D eigenvalue weighted by atomic mass is 35.5. The molecule has 4 heteroatoms. The topological polar surface area (TPSA) is 18.5 Å². The van der Waals surface area contributed by atoms with Crippen LogP contribution in [0.2, 0.25) is 0 Å². The van der Waals surface area contributed by atoms with Crippen LogP contribution in [-0.4, -0.2) is 0 Å². The number of rotatable bonds is 7. The molecule has 0 amide bonds. The Bertz CT molecular complexity index is 728. The molecule has 0 radical (unpaired) electrons. The lowest BCUT2D eigenvalue weighted by atomic mass is 10.2. The Morgan fingerprint density at radius 3 is 1.48 bits per heavy atom. The van der Waals surface area contributed by atoms with Crippen LogP contribution in [0, 0.1) is 0 Å². The second kappa shape index (κ2) is 8.80. The van der Waals surface area contributed by atoms with Gasteiger partial charge in [0.05, 0.1) is 0 Å². The molecule has 0 saturated heterocycles. The van der Waals surface area contributed by atoms with Gasteiger partial charge in [-0.1, -0.05) is 60.7 Å². The maximum absolute atomic E-state index is 6.04. The van der Waals surface area contributed by atoms with Crippen LogP contribution in [0.4, 0.5) is 0 Å². The zero-order chi connectivity index (χ0) is 17.5. The van der Waals surface area contributed by atoms with Crippen molar-refractivity contribution in [3.05, 3.63) is 95.6 Å². The van der Waals surface area contributed by atoms with Crippen molar-refractivity contribution in [2.45, 2.75) is 18.1 Å². The van der Waals surface area contributed by atoms with E-state index >= 15 is 0 Å². The first kappa shape index (κ1) is 17.7. The van der Waals surface area contributed by atoms with Gasteiger partial charge in [-0.2, -0.15) is 0 Å². The van der Waals surface area contributed by atoms with E-state index in [4.69, 9.17) is 32.7 Å². The molecule has 128 valence electrons. The molecule has 0 fully saturated rings. The summed E-state index contributed by atoms with van der Waals surface area (Å²) in [4.78, 5) is -0.639. The van der Waals surface area contributed by atoms with Gasteiger partial charge in [-0.15, -0.1) is 23.2 Å². The molecule has 3 rings (SSSR count). The van der Waals surface area contributed by atoms with Crippen LogP contribution < -0.4 is 9.47 Å². The minimum atomic E-state index is -0.639. The summed E-state index contributed by atoms with van der Waals surface area (Å²) >= 11 is 12.1. The minimum Gasteiger partial charge on any atom is -0.489 e. The highest BCUT2D eigenvalue weighted by molar-refractivity contribution is 6.44. The van der Waals surface area contributed by atoms with E-state index in [1.54, 1.807) is 0 Å². The summed E-state index contributed by atoms with van der Waals surface area (Å²) in [6.45, 7) is 0.940. The maximum Gasteiger partial charge on any atom is 0.133 e. The summed E-state index contributed by atoms with van der Waals surface area (Å²) in [6.07, 6.45) is 0. The number of alkyl halides is 2. The molecule has 25 heavy (non-hydrogen) atoms. The van der Waals surface area contributed by atoms with Crippen LogP contribution in [-0.2, 0) is 13.2 Å². The van der Waals surface area contributed by atoms with Crippen LogP contribution in [0.1, 0.15) is 21.5 Å². The fourth-order valence-electron chi connectivity index (χ4n) is 2.37. The van der Waals surface area contributed by atoms with E-state index in [0.717, 1.165) is 16.7 Å². The average molecular weight is 373 g/mol. The van der Waals surface area contributed by atoms with Gasteiger partial charge in [0.1, 0.15) is 29.5 Å². The third kappa shape index (κ3) is 5.42. The van der Waals surface area contributed by atoms with Crippen LogP contribution in [0.15, 0.2) is 78.9 Å². The van der Waals surface area contributed by atoms with Gasteiger partial charge in [0.25, 0.3) is 0 Å².